The fourth-order valence-corrected chi connectivity index (χ4v) is 1.03. The fourth-order valence-electron chi connectivity index (χ4n) is 0.855. The largest absolute Gasteiger partial charge is 0.323 e. The third kappa shape index (κ3) is 2.38. The lowest BCUT2D eigenvalue weighted by Gasteiger charge is -2.06. The molecule has 0 saturated heterocycles. The quantitative estimate of drug-likeness (QED) is 0.739. The molecule has 2 N–H and O–H groups in total. The zero-order valence-corrected chi connectivity index (χ0v) is 7.42. The maximum atomic E-state index is 12.6. The van der Waals surface area contributed by atoms with Crippen molar-refractivity contribution in [1.82, 2.24) is 4.98 Å². The number of nitrogens with two attached hydrogens (primary N) is 1. The first kappa shape index (κ1) is 9.90. The molecule has 0 unspecified atom stereocenters. The number of nitriles is 1. The molecule has 0 aliphatic heterocycles. The molecule has 1 rings (SSSR count). The number of pyridine rings is 1. The Morgan fingerprint density at radius 1 is 1.77 bits per heavy atom. The minimum Gasteiger partial charge on any atom is -0.323 e. The van der Waals surface area contributed by atoms with Gasteiger partial charge in [0.2, 0.25) is 5.95 Å². The monoisotopic (exact) mass is 199 g/mol. The van der Waals surface area contributed by atoms with Gasteiger partial charge in [-0.3, -0.25) is 0 Å². The van der Waals surface area contributed by atoms with Gasteiger partial charge in [0.15, 0.2) is 0 Å². The highest BCUT2D eigenvalue weighted by Gasteiger charge is 2.08. The molecule has 13 heavy (non-hydrogen) atoms. The molecular formula is C8H7ClFN3. The Bertz CT molecular complexity index is 348. The van der Waals surface area contributed by atoms with E-state index in [1.807, 2.05) is 6.07 Å². The maximum Gasteiger partial charge on any atom is 0.231 e. The summed E-state index contributed by atoms with van der Waals surface area (Å²) < 4.78 is 12.6. The molecule has 0 radical (unpaired) electrons. The van der Waals surface area contributed by atoms with Crippen molar-refractivity contribution in [2.75, 3.05) is 0 Å². The van der Waals surface area contributed by atoms with Gasteiger partial charge in [-0.05, 0) is 11.6 Å². The highest BCUT2D eigenvalue weighted by atomic mass is 35.5. The van der Waals surface area contributed by atoms with Crippen LogP contribution in [0.1, 0.15) is 18.0 Å². The van der Waals surface area contributed by atoms with Crippen molar-refractivity contribution < 1.29 is 4.39 Å². The predicted molar refractivity (Wildman–Crippen MR) is 46.4 cm³/mol. The summed E-state index contributed by atoms with van der Waals surface area (Å²) in [6.07, 6.45) is 1.44. The van der Waals surface area contributed by atoms with E-state index in [1.54, 1.807) is 0 Å². The van der Waals surface area contributed by atoms with Crippen LogP contribution >= 0.6 is 11.6 Å². The number of rotatable bonds is 2. The minimum atomic E-state index is -0.727. The Hall–Kier alpha value is -1.18. The summed E-state index contributed by atoms with van der Waals surface area (Å²) in [6, 6.07) is 2.83. The van der Waals surface area contributed by atoms with Crippen LogP contribution in [0.5, 0.6) is 0 Å². The summed E-state index contributed by atoms with van der Waals surface area (Å²) >= 11 is 5.48. The Morgan fingerprint density at radius 3 is 3.00 bits per heavy atom. The second kappa shape index (κ2) is 4.17. The lowest BCUT2D eigenvalue weighted by molar-refractivity contribution is 0.580. The summed E-state index contributed by atoms with van der Waals surface area (Å²) in [4.78, 5) is 3.39. The van der Waals surface area contributed by atoms with Gasteiger partial charge >= 0.3 is 0 Å². The molecule has 0 aromatic carbocycles. The molecular weight excluding hydrogens is 193 g/mol. The average molecular weight is 200 g/mol. The van der Waals surface area contributed by atoms with Crippen molar-refractivity contribution in [3.63, 3.8) is 0 Å². The molecule has 0 spiro atoms. The predicted octanol–water partition coefficient (Wildman–Crippen LogP) is 1.79. The molecule has 1 aromatic rings. The molecule has 0 bridgehead atoms. The van der Waals surface area contributed by atoms with Crippen LogP contribution in [0.25, 0.3) is 0 Å². The Balaban J connectivity index is 2.91. The molecule has 1 aromatic heterocycles. The summed E-state index contributed by atoms with van der Waals surface area (Å²) in [6.45, 7) is 0. The third-order valence-corrected chi connectivity index (χ3v) is 1.82. The molecule has 0 saturated carbocycles. The summed E-state index contributed by atoms with van der Waals surface area (Å²) in [5, 5.41) is 8.29. The number of nitrogens with zero attached hydrogens (tertiary/aromatic N) is 2. The zero-order valence-electron chi connectivity index (χ0n) is 6.67. The van der Waals surface area contributed by atoms with E-state index in [2.05, 4.69) is 4.98 Å². The van der Waals surface area contributed by atoms with E-state index >= 15 is 0 Å². The van der Waals surface area contributed by atoms with E-state index in [-0.39, 0.29) is 11.4 Å². The molecule has 0 fully saturated rings. The molecule has 0 aliphatic rings. The maximum absolute atomic E-state index is 12.6. The van der Waals surface area contributed by atoms with E-state index < -0.39 is 12.0 Å². The third-order valence-electron chi connectivity index (χ3n) is 1.56. The lowest BCUT2D eigenvalue weighted by Crippen LogP contribution is -2.09. The Kier molecular flexibility index (Phi) is 3.18. The molecule has 1 heterocycles. The molecule has 5 heteroatoms. The molecule has 0 amide bonds. The van der Waals surface area contributed by atoms with Gasteiger partial charge in [-0.1, -0.05) is 11.6 Å². The average Bonchev–Trinajstić information content (AvgIpc) is 2.10. The van der Waals surface area contributed by atoms with Crippen LogP contribution < -0.4 is 5.73 Å². The van der Waals surface area contributed by atoms with Gasteiger partial charge in [0.1, 0.15) is 0 Å². The number of halogens is 2. The van der Waals surface area contributed by atoms with E-state index in [1.165, 1.54) is 12.3 Å². The van der Waals surface area contributed by atoms with Gasteiger partial charge in [-0.15, -0.1) is 0 Å². The van der Waals surface area contributed by atoms with Crippen LogP contribution in [0.15, 0.2) is 12.3 Å². The Labute approximate surface area is 79.9 Å². The zero-order chi connectivity index (χ0) is 9.84. The van der Waals surface area contributed by atoms with Crippen molar-refractivity contribution in [1.29, 1.82) is 5.26 Å². The van der Waals surface area contributed by atoms with Gasteiger partial charge in [0, 0.05) is 12.2 Å². The normalized spacial score (nSPS) is 12.2. The second-order valence-corrected chi connectivity index (χ2v) is 2.92. The lowest BCUT2D eigenvalue weighted by atomic mass is 10.1. The molecule has 0 aliphatic carbocycles. The Morgan fingerprint density at radius 2 is 2.46 bits per heavy atom. The number of aromatic nitrogens is 1. The number of hydrogen-bond donors (Lipinski definition) is 1. The number of hydrogen-bond acceptors (Lipinski definition) is 3. The van der Waals surface area contributed by atoms with Gasteiger partial charge < -0.3 is 5.73 Å². The van der Waals surface area contributed by atoms with Gasteiger partial charge in [-0.2, -0.15) is 9.65 Å². The molecule has 3 nitrogen and oxygen atoms in total. The van der Waals surface area contributed by atoms with Gasteiger partial charge in [0.25, 0.3) is 0 Å². The first-order valence-corrected chi connectivity index (χ1v) is 3.96. The second-order valence-electron chi connectivity index (χ2n) is 2.51. The van der Waals surface area contributed by atoms with Crippen LogP contribution in [0.3, 0.4) is 0 Å². The molecule has 68 valence electrons. The SMILES string of the molecule is N#CC[C@H](N)c1cnc(F)c(Cl)c1. The van der Waals surface area contributed by atoms with E-state index in [0.717, 1.165) is 0 Å². The van der Waals surface area contributed by atoms with E-state index in [4.69, 9.17) is 22.6 Å². The molecule has 1 atom stereocenters. The van der Waals surface area contributed by atoms with Crippen molar-refractivity contribution in [2.45, 2.75) is 12.5 Å². The van der Waals surface area contributed by atoms with Crippen LogP contribution in [0.4, 0.5) is 4.39 Å². The van der Waals surface area contributed by atoms with Crippen molar-refractivity contribution in [3.05, 3.63) is 28.8 Å². The summed E-state index contributed by atoms with van der Waals surface area (Å²) in [7, 11) is 0. The first-order valence-electron chi connectivity index (χ1n) is 3.58. The minimum absolute atomic E-state index is 0.0779. The topological polar surface area (TPSA) is 62.7 Å². The van der Waals surface area contributed by atoms with E-state index in [0.29, 0.717) is 5.56 Å². The summed E-state index contributed by atoms with van der Waals surface area (Å²) in [5.41, 5.74) is 6.14. The highest BCUT2D eigenvalue weighted by molar-refractivity contribution is 6.30. The van der Waals surface area contributed by atoms with Crippen molar-refractivity contribution >= 4 is 11.6 Å². The first-order chi connectivity index (χ1) is 6.15. The van der Waals surface area contributed by atoms with Crippen LogP contribution in [-0.2, 0) is 0 Å². The van der Waals surface area contributed by atoms with E-state index in [9.17, 15) is 4.39 Å². The van der Waals surface area contributed by atoms with Crippen LogP contribution in [-0.4, -0.2) is 4.98 Å². The van der Waals surface area contributed by atoms with Gasteiger partial charge in [-0.25, -0.2) is 4.98 Å². The standard InChI is InChI=1S/C8H7ClFN3/c9-6-3-5(4-13-8(6)10)7(12)1-2-11/h3-4,7H,1,12H2/t7-/m0/s1. The van der Waals surface area contributed by atoms with Crippen molar-refractivity contribution in [3.8, 4) is 6.07 Å². The highest BCUT2D eigenvalue weighted by Crippen LogP contribution is 2.18. The van der Waals surface area contributed by atoms with Crippen molar-refractivity contribution in [2.24, 2.45) is 5.73 Å². The van der Waals surface area contributed by atoms with Crippen LogP contribution in [0, 0.1) is 17.3 Å². The fraction of sp³-hybridized carbons (Fsp3) is 0.250. The smallest absolute Gasteiger partial charge is 0.231 e. The summed E-state index contributed by atoms with van der Waals surface area (Å²) in [5.74, 6) is -0.727. The van der Waals surface area contributed by atoms with Gasteiger partial charge in [0.05, 0.1) is 17.5 Å². The van der Waals surface area contributed by atoms with Crippen LogP contribution in [0.2, 0.25) is 5.02 Å².